The number of carbonyl (C=O) groups excluding carboxylic acids is 2. The number of methoxy groups -OCH3 is 1. The van der Waals surface area contributed by atoms with Gasteiger partial charge in [-0.05, 0) is 18.8 Å². The van der Waals surface area contributed by atoms with Crippen LogP contribution in [0.1, 0.15) is 6.42 Å². The highest BCUT2D eigenvalue weighted by molar-refractivity contribution is 6.20. The summed E-state index contributed by atoms with van der Waals surface area (Å²) in [6.45, 7) is 0. The van der Waals surface area contributed by atoms with Crippen molar-refractivity contribution in [1.29, 1.82) is 0 Å². The number of hydrogen-bond donors (Lipinski definition) is 1. The largest absolute Gasteiger partial charge is 0.466 e. The maximum atomic E-state index is 11.2. The van der Waals surface area contributed by atoms with Crippen molar-refractivity contribution in [1.82, 2.24) is 5.32 Å². The van der Waals surface area contributed by atoms with Gasteiger partial charge in [-0.3, -0.25) is 4.79 Å². The summed E-state index contributed by atoms with van der Waals surface area (Å²) in [5.74, 6) is -0.754. The van der Waals surface area contributed by atoms with Crippen molar-refractivity contribution < 1.29 is 14.3 Å². The molecule has 1 rings (SSSR count). The molecular weight excluding hydrogens is 181 g/mol. The Hall–Kier alpha value is -1.52. The topological polar surface area (TPSA) is 55.4 Å². The summed E-state index contributed by atoms with van der Waals surface area (Å²) in [5, 5.41) is 2.52. The fourth-order valence-corrected chi connectivity index (χ4v) is 1.14. The Kier molecular flexibility index (Phi) is 3.51. The van der Waals surface area contributed by atoms with Crippen LogP contribution in [-0.4, -0.2) is 26.8 Å². The summed E-state index contributed by atoms with van der Waals surface area (Å²) in [6, 6.07) is 0. The Balaban J connectivity index is 2.76. The lowest BCUT2D eigenvalue weighted by Crippen LogP contribution is -2.23. The second-order valence-corrected chi connectivity index (χ2v) is 2.74. The van der Waals surface area contributed by atoms with Gasteiger partial charge >= 0.3 is 5.97 Å². The molecule has 1 N–H and O–H groups in total. The number of allylic oxidation sites excluding steroid dienone is 2. The van der Waals surface area contributed by atoms with Crippen LogP contribution in [-0.2, 0) is 14.3 Å². The third kappa shape index (κ3) is 2.25. The predicted octanol–water partition coefficient (Wildman–Crippen LogP) is 0.0764. The Morgan fingerprint density at radius 2 is 2.36 bits per heavy atom. The van der Waals surface area contributed by atoms with Gasteiger partial charge in [-0.15, -0.1) is 0 Å². The number of rotatable bonds is 3. The van der Waals surface area contributed by atoms with Gasteiger partial charge in [-0.1, -0.05) is 6.08 Å². The first-order valence-corrected chi connectivity index (χ1v) is 4.17. The molecule has 0 heterocycles. The molecule has 0 aliphatic heterocycles. The van der Waals surface area contributed by atoms with Gasteiger partial charge in [0.25, 0.3) is 0 Å². The molecule has 0 aromatic heterocycles. The van der Waals surface area contributed by atoms with Crippen molar-refractivity contribution in [2.24, 2.45) is 0 Å². The van der Waals surface area contributed by atoms with E-state index in [-0.39, 0.29) is 12.2 Å². The number of hydrogen-bond acceptors (Lipinski definition) is 3. The summed E-state index contributed by atoms with van der Waals surface area (Å²) in [6.07, 6.45) is 3.82. The molecule has 5 heteroatoms. The van der Waals surface area contributed by atoms with E-state index in [1.54, 1.807) is 12.2 Å². The molecule has 0 saturated carbocycles. The lowest BCUT2D eigenvalue weighted by atomic mass is 10.0. The maximum absolute atomic E-state index is 11.2. The molecule has 1 amide bonds. The number of carbonyl (C=O) groups is 2. The van der Waals surface area contributed by atoms with Gasteiger partial charge in [-0.25, -0.2) is 4.79 Å². The zero-order valence-corrected chi connectivity index (χ0v) is 7.87. The smallest absolute Gasteiger partial charge is 0.336 e. The molecule has 0 aromatic carbocycles. The summed E-state index contributed by atoms with van der Waals surface area (Å²) in [7, 11) is 6.43. The maximum Gasteiger partial charge on any atom is 0.336 e. The van der Waals surface area contributed by atoms with E-state index < -0.39 is 5.97 Å². The van der Waals surface area contributed by atoms with Crippen LogP contribution < -0.4 is 5.32 Å². The van der Waals surface area contributed by atoms with Crippen molar-refractivity contribution in [3.8, 4) is 0 Å². The SMILES string of the molecule is [B]CC(=O)NC1=C(C(=O)OC)CC=C1. The molecule has 0 unspecified atom stereocenters. The van der Waals surface area contributed by atoms with Crippen molar-refractivity contribution in [2.45, 2.75) is 12.7 Å². The highest BCUT2D eigenvalue weighted by Crippen LogP contribution is 2.17. The first-order valence-electron chi connectivity index (χ1n) is 4.17. The molecule has 72 valence electrons. The first-order chi connectivity index (χ1) is 6.69. The molecule has 0 saturated heterocycles. The molecule has 1 aliphatic carbocycles. The van der Waals surface area contributed by atoms with E-state index in [2.05, 4.69) is 10.1 Å². The van der Waals surface area contributed by atoms with Crippen molar-refractivity contribution in [2.75, 3.05) is 7.11 Å². The fourth-order valence-electron chi connectivity index (χ4n) is 1.14. The van der Waals surface area contributed by atoms with Crippen LogP contribution in [0.5, 0.6) is 0 Å². The molecule has 0 bridgehead atoms. The Bertz CT molecular complexity index is 320. The van der Waals surface area contributed by atoms with Gasteiger partial charge in [-0.2, -0.15) is 0 Å². The van der Waals surface area contributed by atoms with E-state index >= 15 is 0 Å². The summed E-state index contributed by atoms with van der Waals surface area (Å²) < 4.78 is 4.56. The minimum Gasteiger partial charge on any atom is -0.466 e. The second-order valence-electron chi connectivity index (χ2n) is 2.74. The van der Waals surface area contributed by atoms with Gasteiger partial charge in [0.1, 0.15) is 0 Å². The van der Waals surface area contributed by atoms with E-state index in [0.29, 0.717) is 17.7 Å². The summed E-state index contributed by atoms with van der Waals surface area (Å²) in [5.41, 5.74) is 0.932. The lowest BCUT2D eigenvalue weighted by Gasteiger charge is -2.06. The van der Waals surface area contributed by atoms with Crippen molar-refractivity contribution >= 4 is 19.7 Å². The summed E-state index contributed by atoms with van der Waals surface area (Å²) >= 11 is 0. The number of ether oxygens (including phenoxy) is 1. The third-order valence-corrected chi connectivity index (χ3v) is 1.82. The van der Waals surface area contributed by atoms with E-state index in [9.17, 15) is 9.59 Å². The predicted molar refractivity (Wildman–Crippen MR) is 51.5 cm³/mol. The molecule has 14 heavy (non-hydrogen) atoms. The van der Waals surface area contributed by atoms with Gasteiger partial charge < -0.3 is 10.1 Å². The van der Waals surface area contributed by atoms with Crippen LogP contribution >= 0.6 is 0 Å². The van der Waals surface area contributed by atoms with E-state index in [1.807, 2.05) is 0 Å². The van der Waals surface area contributed by atoms with E-state index in [0.717, 1.165) is 0 Å². The first kappa shape index (κ1) is 10.6. The summed E-state index contributed by atoms with van der Waals surface area (Å²) in [4.78, 5) is 22.2. The van der Waals surface area contributed by atoms with Crippen molar-refractivity contribution in [3.05, 3.63) is 23.4 Å². The molecule has 0 aromatic rings. The minimum absolute atomic E-state index is 0.105. The third-order valence-electron chi connectivity index (χ3n) is 1.82. The zero-order chi connectivity index (χ0) is 10.6. The van der Waals surface area contributed by atoms with Gasteiger partial charge in [0.2, 0.25) is 5.91 Å². The molecule has 0 atom stereocenters. The fraction of sp³-hybridized carbons (Fsp3) is 0.333. The van der Waals surface area contributed by atoms with Crippen molar-refractivity contribution in [3.63, 3.8) is 0 Å². The van der Waals surface area contributed by atoms with E-state index in [4.69, 9.17) is 7.85 Å². The minimum atomic E-state index is -0.428. The highest BCUT2D eigenvalue weighted by atomic mass is 16.5. The zero-order valence-electron chi connectivity index (χ0n) is 7.87. The molecular formula is C9H10BNO3. The quantitative estimate of drug-likeness (QED) is 0.507. The molecule has 2 radical (unpaired) electrons. The molecule has 0 fully saturated rings. The molecule has 0 spiro atoms. The highest BCUT2D eigenvalue weighted by Gasteiger charge is 2.18. The van der Waals surface area contributed by atoms with Crippen LogP contribution in [0, 0.1) is 0 Å². The Morgan fingerprint density at radius 3 is 2.93 bits per heavy atom. The van der Waals surface area contributed by atoms with E-state index in [1.165, 1.54) is 7.11 Å². The molecule has 1 aliphatic rings. The Morgan fingerprint density at radius 1 is 1.64 bits per heavy atom. The van der Waals surface area contributed by atoms with Gasteiger partial charge in [0.05, 0.1) is 26.2 Å². The second kappa shape index (κ2) is 4.65. The Labute approximate surface area is 83.4 Å². The normalized spacial score (nSPS) is 14.4. The van der Waals surface area contributed by atoms with Crippen LogP contribution in [0.3, 0.4) is 0 Å². The lowest BCUT2D eigenvalue weighted by molar-refractivity contribution is -0.136. The van der Waals surface area contributed by atoms with Gasteiger partial charge in [0, 0.05) is 0 Å². The van der Waals surface area contributed by atoms with Crippen LogP contribution in [0.25, 0.3) is 0 Å². The van der Waals surface area contributed by atoms with Crippen LogP contribution in [0.2, 0.25) is 6.32 Å². The standard InChI is InChI=1S/C9H10BNO3/c1-14-9(13)6-3-2-4-7(6)11-8(12)5-10/h2,4H,3,5H2,1H3,(H,11,12). The molecule has 4 nitrogen and oxygen atoms in total. The average molecular weight is 191 g/mol. The van der Waals surface area contributed by atoms with Crippen LogP contribution in [0.4, 0.5) is 0 Å². The number of amides is 1. The number of esters is 1. The average Bonchev–Trinajstić information content (AvgIpc) is 2.64. The van der Waals surface area contributed by atoms with Gasteiger partial charge in [0.15, 0.2) is 0 Å². The monoisotopic (exact) mass is 191 g/mol. The number of nitrogens with one attached hydrogen (secondary N) is 1. The van der Waals surface area contributed by atoms with Crippen LogP contribution in [0.15, 0.2) is 23.4 Å².